The van der Waals surface area contributed by atoms with Gasteiger partial charge in [0.25, 0.3) is 0 Å². The van der Waals surface area contributed by atoms with Crippen LogP contribution in [-0.2, 0) is 0 Å². The molecular weight excluding hydrogens is 266 g/mol. The molecule has 2 atom stereocenters. The monoisotopic (exact) mass is 293 g/mol. The van der Waals surface area contributed by atoms with Gasteiger partial charge in [0.15, 0.2) is 0 Å². The maximum atomic E-state index is 10.6. The zero-order chi connectivity index (χ0) is 15.3. The predicted molar refractivity (Wildman–Crippen MR) is 86.3 cm³/mol. The van der Waals surface area contributed by atoms with Gasteiger partial charge in [0.1, 0.15) is 11.6 Å². The van der Waals surface area contributed by atoms with E-state index in [0.29, 0.717) is 18.3 Å². The van der Waals surface area contributed by atoms with Gasteiger partial charge in [-0.2, -0.15) is 9.97 Å². The molecule has 0 amide bonds. The van der Waals surface area contributed by atoms with E-state index in [0.717, 1.165) is 38.0 Å². The van der Waals surface area contributed by atoms with Gasteiger partial charge in [-0.25, -0.2) is 0 Å². The number of anilines is 3. The number of aromatic nitrogens is 2. The third kappa shape index (κ3) is 4.74. The highest BCUT2D eigenvalue weighted by Crippen LogP contribution is 2.32. The van der Waals surface area contributed by atoms with E-state index in [4.69, 9.17) is 5.73 Å². The Kier molecular flexibility index (Phi) is 5.22. The molecule has 0 saturated heterocycles. The van der Waals surface area contributed by atoms with Crippen molar-refractivity contribution in [2.24, 2.45) is 5.92 Å². The summed E-state index contributed by atoms with van der Waals surface area (Å²) >= 11 is 0. The molecule has 6 nitrogen and oxygen atoms in total. The number of nitrogens with two attached hydrogens (primary N) is 1. The van der Waals surface area contributed by atoms with Crippen molar-refractivity contribution in [3.8, 4) is 0 Å². The van der Waals surface area contributed by atoms with Gasteiger partial charge in [-0.3, -0.25) is 0 Å². The molecule has 1 aromatic heterocycles. The van der Waals surface area contributed by atoms with Crippen molar-refractivity contribution in [2.45, 2.75) is 51.6 Å². The van der Waals surface area contributed by atoms with E-state index in [1.807, 2.05) is 6.07 Å². The number of nitrogen functional groups attached to an aromatic ring is 1. The molecule has 2 rings (SSSR count). The lowest BCUT2D eigenvalue weighted by molar-refractivity contribution is -0.000827. The molecule has 1 aromatic rings. The molecule has 1 fully saturated rings. The first kappa shape index (κ1) is 15.8. The van der Waals surface area contributed by atoms with Crippen LogP contribution in [0.3, 0.4) is 0 Å². The Morgan fingerprint density at radius 2 is 2.10 bits per heavy atom. The lowest BCUT2D eigenvalue weighted by atomic mass is 9.79. The minimum absolute atomic E-state index is 0.239. The molecule has 0 aromatic carbocycles. The minimum Gasteiger partial charge on any atom is -0.388 e. The molecule has 5 N–H and O–H groups in total. The first-order valence-electron chi connectivity index (χ1n) is 7.85. The third-order valence-corrected chi connectivity index (χ3v) is 3.97. The van der Waals surface area contributed by atoms with E-state index in [9.17, 15) is 5.11 Å². The van der Waals surface area contributed by atoms with E-state index in [2.05, 4.69) is 34.4 Å². The van der Waals surface area contributed by atoms with Crippen molar-refractivity contribution >= 4 is 17.6 Å². The first-order valence-corrected chi connectivity index (χ1v) is 7.85. The Morgan fingerprint density at radius 1 is 1.38 bits per heavy atom. The van der Waals surface area contributed by atoms with Crippen LogP contribution in [0, 0.1) is 5.92 Å². The number of hydrogen-bond acceptors (Lipinski definition) is 6. The van der Waals surface area contributed by atoms with Crippen LogP contribution in [0.2, 0.25) is 0 Å². The molecular formula is C15H27N5O. The summed E-state index contributed by atoms with van der Waals surface area (Å²) in [7, 11) is 0. The highest BCUT2D eigenvalue weighted by atomic mass is 16.3. The fourth-order valence-corrected chi connectivity index (χ4v) is 2.95. The van der Waals surface area contributed by atoms with Crippen molar-refractivity contribution in [3.63, 3.8) is 0 Å². The van der Waals surface area contributed by atoms with Crippen molar-refractivity contribution < 1.29 is 5.11 Å². The summed E-state index contributed by atoms with van der Waals surface area (Å²) in [5, 5.41) is 17.0. The van der Waals surface area contributed by atoms with Crippen molar-refractivity contribution in [2.75, 3.05) is 29.5 Å². The van der Waals surface area contributed by atoms with E-state index in [1.165, 1.54) is 6.42 Å². The summed E-state index contributed by atoms with van der Waals surface area (Å²) < 4.78 is 0. The van der Waals surface area contributed by atoms with Gasteiger partial charge in [-0.1, -0.05) is 26.7 Å². The quantitative estimate of drug-likeness (QED) is 0.642. The third-order valence-electron chi connectivity index (χ3n) is 3.97. The molecule has 0 aliphatic heterocycles. The molecule has 0 spiro atoms. The van der Waals surface area contributed by atoms with Crippen molar-refractivity contribution in [3.05, 3.63) is 6.07 Å². The molecule has 1 heterocycles. The van der Waals surface area contributed by atoms with E-state index in [-0.39, 0.29) is 5.95 Å². The molecule has 1 saturated carbocycles. The summed E-state index contributed by atoms with van der Waals surface area (Å²) in [6.45, 7) is 5.63. The average Bonchev–Trinajstić information content (AvgIpc) is 2.42. The highest BCUT2D eigenvalue weighted by molar-refractivity contribution is 5.51. The first-order chi connectivity index (χ1) is 10.0. The topological polar surface area (TPSA) is 96.1 Å². The van der Waals surface area contributed by atoms with Crippen LogP contribution in [0.25, 0.3) is 0 Å². The van der Waals surface area contributed by atoms with Gasteiger partial charge < -0.3 is 21.5 Å². The van der Waals surface area contributed by atoms with Crippen molar-refractivity contribution in [1.29, 1.82) is 0 Å². The molecule has 21 heavy (non-hydrogen) atoms. The number of hydrogen-bond donors (Lipinski definition) is 4. The van der Waals surface area contributed by atoms with Gasteiger partial charge in [-0.15, -0.1) is 0 Å². The maximum absolute atomic E-state index is 10.6. The molecule has 118 valence electrons. The number of rotatable bonds is 6. The van der Waals surface area contributed by atoms with E-state index in [1.54, 1.807) is 0 Å². The highest BCUT2D eigenvalue weighted by Gasteiger charge is 2.32. The van der Waals surface area contributed by atoms with Crippen molar-refractivity contribution in [1.82, 2.24) is 9.97 Å². The Morgan fingerprint density at radius 3 is 2.76 bits per heavy atom. The number of nitrogens with one attached hydrogen (secondary N) is 2. The summed E-state index contributed by atoms with van der Waals surface area (Å²) in [6.07, 6.45) is 4.97. The average molecular weight is 293 g/mol. The van der Waals surface area contributed by atoms with Gasteiger partial charge in [0.2, 0.25) is 5.95 Å². The Balaban J connectivity index is 1.97. The van der Waals surface area contributed by atoms with Crippen LogP contribution < -0.4 is 16.4 Å². The zero-order valence-electron chi connectivity index (χ0n) is 13.0. The van der Waals surface area contributed by atoms with Crippen LogP contribution in [0.15, 0.2) is 6.07 Å². The lowest BCUT2D eigenvalue weighted by Gasteiger charge is -2.35. The van der Waals surface area contributed by atoms with Crippen LogP contribution >= 0.6 is 0 Å². The smallest absolute Gasteiger partial charge is 0.223 e. The molecule has 1 aliphatic carbocycles. The summed E-state index contributed by atoms with van der Waals surface area (Å²) in [5.74, 6) is 2.19. The SMILES string of the molecule is CCCNc1cc(NCC2(O)CCCC(C)C2)nc(N)n1. The Hall–Kier alpha value is -1.56. The zero-order valence-corrected chi connectivity index (χ0v) is 13.0. The summed E-state index contributed by atoms with van der Waals surface area (Å²) in [6, 6.07) is 1.83. The number of nitrogens with zero attached hydrogens (tertiary/aromatic N) is 2. The van der Waals surface area contributed by atoms with E-state index >= 15 is 0 Å². The van der Waals surface area contributed by atoms with Crippen LogP contribution in [0.4, 0.5) is 17.6 Å². The van der Waals surface area contributed by atoms with Gasteiger partial charge in [0, 0.05) is 19.2 Å². The summed E-state index contributed by atoms with van der Waals surface area (Å²) in [5.41, 5.74) is 5.09. The fraction of sp³-hybridized carbons (Fsp3) is 0.733. The maximum Gasteiger partial charge on any atom is 0.223 e. The summed E-state index contributed by atoms with van der Waals surface area (Å²) in [4.78, 5) is 8.33. The second-order valence-electron chi connectivity index (χ2n) is 6.20. The minimum atomic E-state index is -0.644. The Labute approximate surface area is 126 Å². The normalized spacial score (nSPS) is 25.6. The molecule has 0 bridgehead atoms. The lowest BCUT2D eigenvalue weighted by Crippen LogP contribution is -2.41. The van der Waals surface area contributed by atoms with Gasteiger partial charge in [-0.05, 0) is 25.2 Å². The van der Waals surface area contributed by atoms with Gasteiger partial charge >= 0.3 is 0 Å². The number of aliphatic hydroxyl groups is 1. The fourth-order valence-electron chi connectivity index (χ4n) is 2.95. The van der Waals surface area contributed by atoms with E-state index < -0.39 is 5.60 Å². The van der Waals surface area contributed by atoms with Crippen LogP contribution in [0.5, 0.6) is 0 Å². The van der Waals surface area contributed by atoms with Gasteiger partial charge in [0.05, 0.1) is 5.60 Å². The molecule has 2 unspecified atom stereocenters. The van der Waals surface area contributed by atoms with Crippen LogP contribution in [-0.4, -0.2) is 33.8 Å². The largest absolute Gasteiger partial charge is 0.388 e. The molecule has 0 radical (unpaired) electrons. The predicted octanol–water partition coefficient (Wildman–Crippen LogP) is 2.23. The second-order valence-corrected chi connectivity index (χ2v) is 6.20. The Bertz CT molecular complexity index is 467. The van der Waals surface area contributed by atoms with Crippen LogP contribution in [0.1, 0.15) is 46.0 Å². The molecule has 6 heteroatoms. The standard InChI is InChI=1S/C15H27N5O/c1-3-7-17-12-8-13(20-14(16)19-12)18-10-15(21)6-4-5-11(2)9-15/h8,11,21H,3-7,9-10H2,1-2H3,(H4,16,17,18,19,20). The second kappa shape index (κ2) is 6.93. The molecule has 1 aliphatic rings.